The maximum Gasteiger partial charge on any atom is 0.407 e. The van der Waals surface area contributed by atoms with E-state index in [2.05, 4.69) is 48.9 Å². The molecule has 2 bridgehead atoms. The van der Waals surface area contributed by atoms with Crippen LogP contribution in [0.4, 0.5) is 25.1 Å². The number of terminal acetylenes is 1. The van der Waals surface area contributed by atoms with Gasteiger partial charge in [-0.1, -0.05) is 25.0 Å². The number of benzene rings is 3. The van der Waals surface area contributed by atoms with Gasteiger partial charge in [0.1, 0.15) is 47.9 Å². The highest BCUT2D eigenvalue weighted by molar-refractivity contribution is 6.25. The number of unbranched alkanes of at least 4 members (excludes halogenated alkanes) is 2. The second-order valence-electron chi connectivity index (χ2n) is 20.6. The van der Waals surface area contributed by atoms with E-state index in [0.717, 1.165) is 50.0 Å². The van der Waals surface area contributed by atoms with Gasteiger partial charge in [0.15, 0.2) is 5.82 Å². The number of phenols is 1. The van der Waals surface area contributed by atoms with Crippen LogP contribution in [0.15, 0.2) is 48.7 Å². The molecule has 5 fully saturated rings. The molecule has 5 amide bonds. The van der Waals surface area contributed by atoms with Crippen LogP contribution in [0.25, 0.3) is 32.9 Å². The van der Waals surface area contributed by atoms with Crippen molar-refractivity contribution in [2.45, 2.75) is 101 Å². The molecule has 11 rings (SSSR count). The van der Waals surface area contributed by atoms with Crippen molar-refractivity contribution in [1.29, 1.82) is 0 Å². The Morgan fingerprint density at radius 1 is 0.973 bits per heavy atom. The van der Waals surface area contributed by atoms with Gasteiger partial charge in [0.25, 0.3) is 11.8 Å². The molecule has 5 saturated heterocycles. The summed E-state index contributed by atoms with van der Waals surface area (Å²) in [6, 6.07) is 9.79. The van der Waals surface area contributed by atoms with Crippen molar-refractivity contribution in [2.75, 3.05) is 56.2 Å². The average molecular weight is 1010 g/mol. The number of ether oxygens (including phenoxy) is 2. The number of hydrogen-bond acceptors (Lipinski definition) is 15. The topological polar surface area (TPSA) is 221 Å². The average Bonchev–Trinajstić information content (AvgIpc) is 4.09. The molecule has 0 saturated carbocycles. The van der Waals surface area contributed by atoms with Gasteiger partial charge in [-0.2, -0.15) is 9.97 Å². The number of halogens is 2. The molecular weight excluding hydrogens is 955 g/mol. The lowest BCUT2D eigenvalue weighted by Gasteiger charge is -2.35. The van der Waals surface area contributed by atoms with Gasteiger partial charge in [-0.15, -0.1) is 6.42 Å². The fourth-order valence-corrected chi connectivity index (χ4v) is 12.3. The van der Waals surface area contributed by atoms with E-state index < -0.39 is 52.9 Å². The first kappa shape index (κ1) is 48.8. The lowest BCUT2D eigenvalue weighted by Crippen LogP contribution is -2.54. The van der Waals surface area contributed by atoms with E-state index >= 15 is 8.78 Å². The van der Waals surface area contributed by atoms with Crippen molar-refractivity contribution < 1.29 is 47.3 Å². The van der Waals surface area contributed by atoms with Crippen LogP contribution in [0, 0.1) is 29.9 Å². The number of rotatable bonds is 15. The Hall–Kier alpha value is -7.50. The molecule has 384 valence electrons. The molecule has 3 aromatic carbocycles. The lowest BCUT2D eigenvalue weighted by molar-refractivity contribution is -0.136. The summed E-state index contributed by atoms with van der Waals surface area (Å²) in [5, 5.41) is 23.7. The largest absolute Gasteiger partial charge is 0.508 e. The Morgan fingerprint density at radius 2 is 1.78 bits per heavy atom. The van der Waals surface area contributed by atoms with E-state index in [-0.39, 0.29) is 94.8 Å². The molecule has 0 radical (unpaired) electrons. The van der Waals surface area contributed by atoms with Crippen LogP contribution in [-0.4, -0.2) is 135 Å². The summed E-state index contributed by atoms with van der Waals surface area (Å²) >= 11 is 0. The van der Waals surface area contributed by atoms with Crippen molar-refractivity contribution in [3.05, 3.63) is 77.0 Å². The minimum atomic E-state index is -1.04. The molecular formula is C54H56F2N10O8. The molecule has 5 N–H and O–H groups in total. The van der Waals surface area contributed by atoms with E-state index in [0.29, 0.717) is 67.2 Å². The zero-order valence-electron chi connectivity index (χ0n) is 40.8. The number of anilines is 2. The third-order valence-corrected chi connectivity index (χ3v) is 15.6. The third-order valence-electron chi connectivity index (χ3n) is 15.6. The maximum atomic E-state index is 17.2. The Labute approximate surface area is 424 Å². The normalized spacial score (nSPS) is 24.3. The molecule has 8 heterocycles. The van der Waals surface area contributed by atoms with Crippen LogP contribution in [-0.2, 0) is 14.3 Å². The van der Waals surface area contributed by atoms with Gasteiger partial charge in [0.2, 0.25) is 11.8 Å². The number of amides is 5. The summed E-state index contributed by atoms with van der Waals surface area (Å²) in [5.74, 6) is -0.622. The first-order valence-electron chi connectivity index (χ1n) is 25.5. The molecule has 20 heteroatoms. The highest BCUT2D eigenvalue weighted by Crippen LogP contribution is 2.46. The van der Waals surface area contributed by atoms with Crippen molar-refractivity contribution in [2.24, 2.45) is 5.92 Å². The number of phenolic OH excluding ortho intramolecular Hbond substituents is 1. The molecule has 18 nitrogen and oxygen atoms in total. The number of alkyl carbamates (subject to hydrolysis) is 1. The molecule has 5 unspecified atom stereocenters. The van der Waals surface area contributed by atoms with Gasteiger partial charge in [-0.25, -0.2) is 13.6 Å². The number of pyridine rings is 1. The fourth-order valence-electron chi connectivity index (χ4n) is 12.3. The number of nitrogens with one attached hydrogen (secondary N) is 4. The second kappa shape index (κ2) is 19.7. The van der Waals surface area contributed by atoms with E-state index in [1.54, 1.807) is 18.2 Å². The Balaban J connectivity index is 0.714. The van der Waals surface area contributed by atoms with E-state index in [1.807, 2.05) is 0 Å². The van der Waals surface area contributed by atoms with Crippen LogP contribution in [0.3, 0.4) is 0 Å². The fraction of sp³-hybridized carbons (Fsp3) is 0.444. The monoisotopic (exact) mass is 1010 g/mol. The zero-order chi connectivity index (χ0) is 51.4. The van der Waals surface area contributed by atoms with Gasteiger partial charge in [-0.3, -0.25) is 39.3 Å². The lowest BCUT2D eigenvalue weighted by atomic mass is 9.91. The van der Waals surface area contributed by atoms with Crippen molar-refractivity contribution in [3.8, 4) is 35.4 Å². The van der Waals surface area contributed by atoms with Crippen LogP contribution >= 0.6 is 0 Å². The molecule has 74 heavy (non-hydrogen) atoms. The summed E-state index contributed by atoms with van der Waals surface area (Å²) in [4.78, 5) is 83.4. The standard InChI is InChI=1S/C54H56F2N10O8/c1-3-35-39(55)13-10-30-20-34(67)21-37(43(30)35)46-45(56)47-38(23-59-46)48(64-25-31-11-12-32(26-64)60-31)63-52(62-47)74-28-54-17-16-33(65(54)24-29(2)22-54)27-73-53(72)58-19-6-4-5-18-57-40-9-7-8-36-44(40)51(71)66(50(36)70)41-14-15-42(68)61-49(41)69/h1,7-10,13,20-21,23,29,31-33,41,57,60,67H,4-6,11-12,14-19,22,24-28H2,2H3,(H,58,72)(H,61,68,69)/t29?,31?,32?,33?,41?,54-/m0/s1. The van der Waals surface area contributed by atoms with Crippen molar-refractivity contribution in [3.63, 3.8) is 0 Å². The molecule has 0 aliphatic carbocycles. The first-order chi connectivity index (χ1) is 35.8. The zero-order valence-corrected chi connectivity index (χ0v) is 40.8. The second-order valence-corrected chi connectivity index (χ2v) is 20.6. The Morgan fingerprint density at radius 3 is 2.58 bits per heavy atom. The van der Waals surface area contributed by atoms with Crippen LogP contribution in [0.5, 0.6) is 11.8 Å². The van der Waals surface area contributed by atoms with E-state index in [4.69, 9.17) is 25.9 Å². The van der Waals surface area contributed by atoms with Gasteiger partial charge >= 0.3 is 12.1 Å². The quantitative estimate of drug-likeness (QED) is 0.0477. The SMILES string of the molecule is C#Cc1c(F)ccc2cc(O)cc(-c3ncc4c(N5CC6CCC(C5)N6)nc(OC[C@@]56CCC(COC(=O)NCCCCCNc7cccc8c7C(=O)N(C7CCC(=O)NC7=O)C8=O)N5CC(C)C6)nc4c3F)c12. The first-order valence-corrected chi connectivity index (χ1v) is 25.5. The number of carbonyl (C=O) groups is 5. The van der Waals surface area contributed by atoms with Gasteiger partial charge in [-0.05, 0) is 99.4 Å². The summed E-state index contributed by atoms with van der Waals surface area (Å²) in [5.41, 5.74) is 0.366. The van der Waals surface area contributed by atoms with Gasteiger partial charge < -0.3 is 35.4 Å². The van der Waals surface area contributed by atoms with Gasteiger partial charge in [0, 0.05) is 80.1 Å². The predicted octanol–water partition coefficient (Wildman–Crippen LogP) is 5.78. The number of hydrogen-bond donors (Lipinski definition) is 5. The molecule has 0 spiro atoms. The molecule has 6 atom stereocenters. The highest BCUT2D eigenvalue weighted by atomic mass is 19.1. The highest BCUT2D eigenvalue weighted by Gasteiger charge is 2.53. The number of piperidine rings is 1. The molecule has 5 aromatic rings. The number of imide groups is 2. The minimum Gasteiger partial charge on any atom is -0.508 e. The number of nitrogens with zero attached hydrogens (tertiary/aromatic N) is 6. The van der Waals surface area contributed by atoms with Gasteiger partial charge in [0.05, 0.1) is 27.6 Å². The summed E-state index contributed by atoms with van der Waals surface area (Å²) < 4.78 is 44.6. The van der Waals surface area contributed by atoms with Crippen LogP contribution in [0.1, 0.15) is 97.4 Å². The Kier molecular flexibility index (Phi) is 13.0. The Bertz CT molecular complexity index is 3180. The number of carbonyl (C=O) groups excluding carboxylic acids is 5. The summed E-state index contributed by atoms with van der Waals surface area (Å²) in [7, 11) is 0. The van der Waals surface area contributed by atoms with E-state index in [9.17, 15) is 29.1 Å². The van der Waals surface area contributed by atoms with Crippen LogP contribution in [0.2, 0.25) is 0 Å². The van der Waals surface area contributed by atoms with Crippen molar-refractivity contribution in [1.82, 2.24) is 40.7 Å². The smallest absolute Gasteiger partial charge is 0.407 e. The number of fused-ring (bicyclic) bond motifs is 6. The summed E-state index contributed by atoms with van der Waals surface area (Å²) in [6.45, 7) is 5.56. The summed E-state index contributed by atoms with van der Waals surface area (Å²) in [6.07, 6.45) is 13.4. The minimum absolute atomic E-state index is 0.00262. The maximum absolute atomic E-state index is 17.2. The number of aromatic nitrogens is 3. The predicted molar refractivity (Wildman–Crippen MR) is 268 cm³/mol. The molecule has 2 aromatic heterocycles. The molecule has 6 aliphatic rings. The van der Waals surface area contributed by atoms with Crippen LogP contribution < -0.4 is 30.9 Å². The molecule has 6 aliphatic heterocycles. The number of aromatic hydroxyl groups is 1. The number of piperazine rings is 1. The van der Waals surface area contributed by atoms with E-state index in [1.165, 1.54) is 30.5 Å². The van der Waals surface area contributed by atoms with Crippen molar-refractivity contribution >= 4 is 62.9 Å². The third kappa shape index (κ3) is 8.95.